The summed E-state index contributed by atoms with van der Waals surface area (Å²) in [6.07, 6.45) is 4.46. The summed E-state index contributed by atoms with van der Waals surface area (Å²) >= 11 is 0. The molecule has 0 spiro atoms. The van der Waals surface area contributed by atoms with Gasteiger partial charge in [-0.25, -0.2) is 0 Å². The molecule has 1 rings (SSSR count). The van der Waals surface area contributed by atoms with Crippen molar-refractivity contribution in [3.05, 3.63) is 0 Å². The minimum absolute atomic E-state index is 0.0710. The Kier molecular flexibility index (Phi) is 4.16. The van der Waals surface area contributed by atoms with Gasteiger partial charge in [-0.05, 0) is 32.7 Å². The molecular formula is C10H21NO2. The van der Waals surface area contributed by atoms with Gasteiger partial charge in [-0.15, -0.1) is 0 Å². The molecule has 78 valence electrons. The second kappa shape index (κ2) is 4.94. The number of aliphatic hydroxyl groups excluding tert-OH is 1. The van der Waals surface area contributed by atoms with Crippen LogP contribution in [0.15, 0.2) is 0 Å². The molecule has 1 aliphatic rings. The van der Waals surface area contributed by atoms with Gasteiger partial charge in [-0.2, -0.15) is 0 Å². The highest BCUT2D eigenvalue weighted by Crippen LogP contribution is 2.31. The molecule has 0 saturated heterocycles. The van der Waals surface area contributed by atoms with Crippen LogP contribution in [-0.2, 0) is 4.74 Å². The van der Waals surface area contributed by atoms with E-state index in [1.807, 2.05) is 7.05 Å². The molecule has 0 aromatic carbocycles. The maximum atomic E-state index is 9.24. The van der Waals surface area contributed by atoms with E-state index < -0.39 is 0 Å². The van der Waals surface area contributed by atoms with Crippen molar-refractivity contribution < 1.29 is 9.84 Å². The van der Waals surface area contributed by atoms with Crippen LogP contribution < -0.4 is 5.32 Å². The Labute approximate surface area is 80.5 Å². The van der Waals surface area contributed by atoms with E-state index in [1.165, 1.54) is 0 Å². The van der Waals surface area contributed by atoms with Crippen LogP contribution in [0.4, 0.5) is 0 Å². The molecule has 0 radical (unpaired) electrons. The van der Waals surface area contributed by atoms with Crippen LogP contribution in [-0.4, -0.2) is 37.0 Å². The average Bonchev–Trinajstić information content (AvgIpc) is 2.59. The predicted octanol–water partition coefficient (Wildman–Crippen LogP) is 0.916. The minimum atomic E-state index is -0.0710. The van der Waals surface area contributed by atoms with Gasteiger partial charge in [-0.3, -0.25) is 0 Å². The van der Waals surface area contributed by atoms with Gasteiger partial charge in [0.2, 0.25) is 0 Å². The Morgan fingerprint density at radius 1 is 1.62 bits per heavy atom. The molecule has 0 aromatic rings. The molecule has 0 aromatic heterocycles. The Morgan fingerprint density at radius 3 is 2.85 bits per heavy atom. The van der Waals surface area contributed by atoms with Gasteiger partial charge in [0.15, 0.2) is 0 Å². The normalized spacial score (nSPS) is 33.9. The molecule has 1 aliphatic carbocycles. The van der Waals surface area contributed by atoms with E-state index in [0.717, 1.165) is 32.3 Å². The molecule has 0 amide bonds. The smallest absolute Gasteiger partial charge is 0.0614 e. The van der Waals surface area contributed by atoms with Crippen LogP contribution in [0, 0.1) is 0 Å². The fraction of sp³-hybridized carbons (Fsp3) is 1.00. The Bertz CT molecular complexity index is 146. The molecule has 0 heterocycles. The molecule has 3 nitrogen and oxygen atoms in total. The van der Waals surface area contributed by atoms with Crippen molar-refractivity contribution in [3.63, 3.8) is 0 Å². The highest BCUT2D eigenvalue weighted by Gasteiger charge is 2.37. The van der Waals surface area contributed by atoms with E-state index in [9.17, 15) is 5.11 Å². The zero-order valence-electron chi connectivity index (χ0n) is 8.68. The first-order chi connectivity index (χ1) is 6.26. The third kappa shape index (κ3) is 2.66. The lowest BCUT2D eigenvalue weighted by atomic mass is 9.99. The van der Waals surface area contributed by atoms with Crippen molar-refractivity contribution >= 4 is 0 Å². The van der Waals surface area contributed by atoms with Crippen molar-refractivity contribution in [2.75, 3.05) is 20.3 Å². The lowest BCUT2D eigenvalue weighted by molar-refractivity contribution is 0.0481. The number of hydrogen-bond acceptors (Lipinski definition) is 3. The topological polar surface area (TPSA) is 41.5 Å². The Morgan fingerprint density at radius 2 is 2.38 bits per heavy atom. The Hall–Kier alpha value is -0.120. The zero-order chi connectivity index (χ0) is 9.73. The molecule has 0 bridgehead atoms. The number of nitrogens with one attached hydrogen (secondary N) is 1. The molecule has 1 fully saturated rings. The van der Waals surface area contributed by atoms with E-state index in [4.69, 9.17) is 4.74 Å². The predicted molar refractivity (Wildman–Crippen MR) is 52.8 cm³/mol. The van der Waals surface area contributed by atoms with Crippen molar-refractivity contribution in [2.45, 2.75) is 44.2 Å². The van der Waals surface area contributed by atoms with E-state index in [2.05, 4.69) is 12.2 Å². The average molecular weight is 187 g/mol. The molecule has 0 aliphatic heterocycles. The van der Waals surface area contributed by atoms with Crippen molar-refractivity contribution in [2.24, 2.45) is 0 Å². The molecule has 13 heavy (non-hydrogen) atoms. The zero-order valence-corrected chi connectivity index (χ0v) is 8.68. The highest BCUT2D eigenvalue weighted by atomic mass is 16.5. The summed E-state index contributed by atoms with van der Waals surface area (Å²) in [7, 11) is 1.92. The second-order valence-electron chi connectivity index (χ2n) is 3.92. The number of hydrogen-bond donors (Lipinski definition) is 2. The third-order valence-electron chi connectivity index (χ3n) is 2.95. The summed E-state index contributed by atoms with van der Waals surface area (Å²) in [5.74, 6) is 0. The van der Waals surface area contributed by atoms with E-state index >= 15 is 0 Å². The van der Waals surface area contributed by atoms with Crippen LogP contribution in [0.2, 0.25) is 0 Å². The fourth-order valence-electron chi connectivity index (χ4n) is 1.95. The number of rotatable bonds is 5. The third-order valence-corrected chi connectivity index (χ3v) is 2.95. The molecular weight excluding hydrogens is 166 g/mol. The van der Waals surface area contributed by atoms with Crippen molar-refractivity contribution in [1.82, 2.24) is 5.32 Å². The van der Waals surface area contributed by atoms with E-state index in [-0.39, 0.29) is 12.1 Å². The quantitative estimate of drug-likeness (QED) is 0.672. The summed E-state index contributed by atoms with van der Waals surface area (Å²) in [4.78, 5) is 0. The van der Waals surface area contributed by atoms with Crippen LogP contribution in [0.1, 0.15) is 32.6 Å². The van der Waals surface area contributed by atoms with E-state index in [0.29, 0.717) is 6.10 Å². The molecule has 2 atom stereocenters. The van der Waals surface area contributed by atoms with Gasteiger partial charge in [0.25, 0.3) is 0 Å². The molecule has 1 saturated carbocycles. The first-order valence-corrected chi connectivity index (χ1v) is 5.17. The van der Waals surface area contributed by atoms with Gasteiger partial charge < -0.3 is 15.2 Å². The SMILES string of the molecule is CCCOC1CCC(CO)(NC)C1. The van der Waals surface area contributed by atoms with Crippen molar-refractivity contribution in [3.8, 4) is 0 Å². The largest absolute Gasteiger partial charge is 0.394 e. The van der Waals surface area contributed by atoms with Gasteiger partial charge >= 0.3 is 0 Å². The number of aliphatic hydroxyl groups is 1. The van der Waals surface area contributed by atoms with Crippen LogP contribution >= 0.6 is 0 Å². The summed E-state index contributed by atoms with van der Waals surface area (Å²) < 4.78 is 5.66. The van der Waals surface area contributed by atoms with Crippen LogP contribution in [0.5, 0.6) is 0 Å². The first kappa shape index (κ1) is 11.0. The Balaban J connectivity index is 2.33. The maximum Gasteiger partial charge on any atom is 0.0614 e. The second-order valence-corrected chi connectivity index (χ2v) is 3.92. The lowest BCUT2D eigenvalue weighted by Gasteiger charge is -2.26. The summed E-state index contributed by atoms with van der Waals surface area (Å²) in [5, 5.41) is 12.4. The van der Waals surface area contributed by atoms with E-state index in [1.54, 1.807) is 0 Å². The van der Waals surface area contributed by atoms with Gasteiger partial charge in [-0.1, -0.05) is 6.92 Å². The van der Waals surface area contributed by atoms with Gasteiger partial charge in [0.1, 0.15) is 0 Å². The van der Waals surface area contributed by atoms with Crippen LogP contribution in [0.3, 0.4) is 0 Å². The minimum Gasteiger partial charge on any atom is -0.394 e. The highest BCUT2D eigenvalue weighted by molar-refractivity contribution is 4.95. The summed E-state index contributed by atoms with van der Waals surface area (Å²) in [6.45, 7) is 3.18. The number of likely N-dealkylation sites (N-methyl/N-ethyl adjacent to an activating group) is 1. The summed E-state index contributed by atoms with van der Waals surface area (Å²) in [6, 6.07) is 0. The lowest BCUT2D eigenvalue weighted by Crippen LogP contribution is -2.44. The van der Waals surface area contributed by atoms with Crippen molar-refractivity contribution in [1.29, 1.82) is 0 Å². The first-order valence-electron chi connectivity index (χ1n) is 5.17. The molecule has 2 unspecified atom stereocenters. The monoisotopic (exact) mass is 187 g/mol. The van der Waals surface area contributed by atoms with Gasteiger partial charge in [0.05, 0.1) is 12.7 Å². The van der Waals surface area contributed by atoms with Gasteiger partial charge in [0, 0.05) is 12.1 Å². The standard InChI is InChI=1S/C10H21NO2/c1-3-6-13-9-4-5-10(7-9,8-12)11-2/h9,11-12H,3-8H2,1-2H3. The number of ether oxygens (including phenoxy) is 1. The maximum absolute atomic E-state index is 9.24. The summed E-state index contributed by atoms with van der Waals surface area (Å²) in [5.41, 5.74) is -0.0710. The fourth-order valence-corrected chi connectivity index (χ4v) is 1.95. The van der Waals surface area contributed by atoms with Crippen LogP contribution in [0.25, 0.3) is 0 Å². The molecule has 3 heteroatoms. The molecule has 2 N–H and O–H groups in total.